The molecule has 3 aromatic rings. The highest BCUT2D eigenvalue weighted by atomic mass is 32.2. The van der Waals surface area contributed by atoms with E-state index in [0.29, 0.717) is 12.3 Å². The zero-order valence-corrected chi connectivity index (χ0v) is 20.0. The van der Waals surface area contributed by atoms with Crippen LogP contribution in [0.4, 0.5) is 4.39 Å². The Kier molecular flexibility index (Phi) is 6.81. The second kappa shape index (κ2) is 9.64. The first kappa shape index (κ1) is 24.0. The number of hydrogen-bond acceptors (Lipinski definition) is 5. The van der Waals surface area contributed by atoms with Crippen LogP contribution in [-0.4, -0.2) is 36.1 Å². The minimum absolute atomic E-state index is 0.0510. The number of benzene rings is 2. The summed E-state index contributed by atoms with van der Waals surface area (Å²) in [6.45, 7) is 2.41. The number of halogens is 1. The SMILES string of the molecule is COCc1ccccc1C(C)N(Cc1ccccn1)C(=O)C1(S(=O)(=O)c2ccc(F)cc2)CC1. The third-order valence-electron chi connectivity index (χ3n) is 6.32. The van der Waals surface area contributed by atoms with Crippen molar-refractivity contribution >= 4 is 15.7 Å². The van der Waals surface area contributed by atoms with Crippen LogP contribution in [-0.2, 0) is 32.5 Å². The van der Waals surface area contributed by atoms with Gasteiger partial charge in [0.15, 0.2) is 14.6 Å². The number of aromatic nitrogens is 1. The maximum Gasteiger partial charge on any atom is 0.245 e. The van der Waals surface area contributed by atoms with Crippen molar-refractivity contribution in [1.29, 1.82) is 0 Å². The Hall–Kier alpha value is -3.10. The van der Waals surface area contributed by atoms with Gasteiger partial charge in [-0.3, -0.25) is 9.78 Å². The van der Waals surface area contributed by atoms with Gasteiger partial charge in [0, 0.05) is 13.3 Å². The smallest absolute Gasteiger partial charge is 0.245 e. The lowest BCUT2D eigenvalue weighted by atomic mass is 10.00. The normalized spacial score (nSPS) is 15.5. The van der Waals surface area contributed by atoms with Gasteiger partial charge in [-0.2, -0.15) is 0 Å². The third-order valence-corrected chi connectivity index (χ3v) is 8.83. The average Bonchev–Trinajstić information content (AvgIpc) is 3.66. The fraction of sp³-hybridized carbons (Fsp3) is 0.308. The lowest BCUT2D eigenvalue weighted by Crippen LogP contribution is -2.46. The highest BCUT2D eigenvalue weighted by Gasteiger charge is 2.62. The molecule has 1 saturated carbocycles. The molecule has 0 spiro atoms. The quantitative estimate of drug-likeness (QED) is 0.421. The molecule has 0 radical (unpaired) electrons. The lowest BCUT2D eigenvalue weighted by Gasteiger charge is -2.33. The summed E-state index contributed by atoms with van der Waals surface area (Å²) in [5.74, 6) is -1.00. The van der Waals surface area contributed by atoms with Crippen LogP contribution in [0.15, 0.2) is 77.8 Å². The monoisotopic (exact) mass is 482 g/mol. The number of amides is 1. The van der Waals surface area contributed by atoms with Crippen LogP contribution in [0.1, 0.15) is 42.6 Å². The summed E-state index contributed by atoms with van der Waals surface area (Å²) < 4.78 is 44.3. The van der Waals surface area contributed by atoms with Gasteiger partial charge in [0.1, 0.15) is 5.82 Å². The zero-order valence-electron chi connectivity index (χ0n) is 19.1. The second-order valence-corrected chi connectivity index (χ2v) is 10.8. The molecule has 2 aromatic carbocycles. The van der Waals surface area contributed by atoms with E-state index in [4.69, 9.17) is 4.74 Å². The molecule has 1 atom stereocenters. The summed E-state index contributed by atoms with van der Waals surface area (Å²) in [5.41, 5.74) is 2.45. The number of carbonyl (C=O) groups is 1. The number of ether oxygens (including phenoxy) is 1. The van der Waals surface area contributed by atoms with Gasteiger partial charge < -0.3 is 9.64 Å². The first-order valence-corrected chi connectivity index (χ1v) is 12.6. The molecule has 0 N–H and O–H groups in total. The summed E-state index contributed by atoms with van der Waals surface area (Å²) in [7, 11) is -2.42. The second-order valence-electron chi connectivity index (χ2n) is 8.51. The first-order valence-electron chi connectivity index (χ1n) is 11.1. The Balaban J connectivity index is 1.75. The van der Waals surface area contributed by atoms with Crippen LogP contribution in [0, 0.1) is 5.82 Å². The third kappa shape index (κ3) is 4.48. The minimum Gasteiger partial charge on any atom is -0.380 e. The molecule has 6 nitrogen and oxygen atoms in total. The predicted octanol–water partition coefficient (Wildman–Crippen LogP) is 4.46. The molecule has 8 heteroatoms. The molecule has 4 rings (SSSR count). The molecule has 178 valence electrons. The molecule has 0 saturated heterocycles. The maximum atomic E-state index is 14.0. The zero-order chi connectivity index (χ0) is 24.3. The summed E-state index contributed by atoms with van der Waals surface area (Å²) >= 11 is 0. The molecule has 0 bridgehead atoms. The van der Waals surface area contributed by atoms with Crippen molar-refractivity contribution in [1.82, 2.24) is 9.88 Å². The standard InChI is InChI=1S/C26H27FN2O4S/c1-19(24-9-4-3-7-20(24)18-33-2)29(17-22-8-5-6-16-28-22)25(30)26(14-15-26)34(31,32)23-12-10-21(27)11-13-23/h3-13,16,19H,14-15,17-18H2,1-2H3. The van der Waals surface area contributed by atoms with Crippen molar-refractivity contribution in [3.05, 3.63) is 95.6 Å². The van der Waals surface area contributed by atoms with E-state index in [1.54, 1.807) is 24.3 Å². The highest BCUT2D eigenvalue weighted by Crippen LogP contribution is 2.49. The molecule has 1 aliphatic carbocycles. The van der Waals surface area contributed by atoms with E-state index in [-0.39, 0.29) is 24.3 Å². The van der Waals surface area contributed by atoms with E-state index in [1.165, 1.54) is 12.1 Å². The van der Waals surface area contributed by atoms with Crippen molar-refractivity contribution in [3.63, 3.8) is 0 Å². The van der Waals surface area contributed by atoms with Crippen molar-refractivity contribution in [2.45, 2.75) is 48.6 Å². The Morgan fingerprint density at radius 1 is 1.09 bits per heavy atom. The average molecular weight is 483 g/mol. The van der Waals surface area contributed by atoms with Gasteiger partial charge in [-0.1, -0.05) is 30.3 Å². The number of nitrogens with zero attached hydrogens (tertiary/aromatic N) is 2. The Bertz CT molecular complexity index is 1260. The number of sulfone groups is 1. The Labute approximate surface area is 199 Å². The number of rotatable bonds is 9. The van der Waals surface area contributed by atoms with Crippen molar-refractivity contribution < 1.29 is 22.3 Å². The molecular formula is C26H27FN2O4S. The van der Waals surface area contributed by atoms with Crippen LogP contribution < -0.4 is 0 Å². The van der Waals surface area contributed by atoms with E-state index in [1.807, 2.05) is 43.3 Å². The van der Waals surface area contributed by atoms with E-state index in [2.05, 4.69) is 4.98 Å². The molecule has 1 unspecified atom stereocenters. The Morgan fingerprint density at radius 2 is 1.76 bits per heavy atom. The van der Waals surface area contributed by atoms with E-state index < -0.39 is 32.4 Å². The number of carbonyl (C=O) groups excluding carboxylic acids is 1. The maximum absolute atomic E-state index is 14.0. The minimum atomic E-state index is -4.02. The van der Waals surface area contributed by atoms with Crippen LogP contribution in [0.25, 0.3) is 0 Å². The van der Waals surface area contributed by atoms with Gasteiger partial charge in [-0.25, -0.2) is 12.8 Å². The fourth-order valence-electron chi connectivity index (χ4n) is 4.26. The summed E-state index contributed by atoms with van der Waals surface area (Å²) in [6.07, 6.45) is 2.08. The molecular weight excluding hydrogens is 455 g/mol. The molecule has 1 amide bonds. The molecule has 1 heterocycles. The lowest BCUT2D eigenvalue weighted by molar-refractivity contribution is -0.134. The Morgan fingerprint density at radius 3 is 2.38 bits per heavy atom. The van der Waals surface area contributed by atoms with Crippen LogP contribution in [0.3, 0.4) is 0 Å². The first-order chi connectivity index (χ1) is 16.3. The van der Waals surface area contributed by atoms with E-state index in [9.17, 15) is 17.6 Å². The fourth-order valence-corrected chi connectivity index (χ4v) is 6.19. The van der Waals surface area contributed by atoms with Gasteiger partial charge in [-0.05, 0) is 67.3 Å². The molecule has 1 fully saturated rings. The highest BCUT2D eigenvalue weighted by molar-refractivity contribution is 7.94. The molecule has 1 aliphatic rings. The van der Waals surface area contributed by atoms with E-state index >= 15 is 0 Å². The predicted molar refractivity (Wildman–Crippen MR) is 126 cm³/mol. The van der Waals surface area contributed by atoms with Crippen molar-refractivity contribution in [3.8, 4) is 0 Å². The van der Waals surface area contributed by atoms with Crippen LogP contribution in [0.2, 0.25) is 0 Å². The van der Waals surface area contributed by atoms with Crippen molar-refractivity contribution in [2.75, 3.05) is 7.11 Å². The number of hydrogen-bond donors (Lipinski definition) is 0. The van der Waals surface area contributed by atoms with E-state index in [0.717, 1.165) is 23.3 Å². The van der Waals surface area contributed by atoms with Gasteiger partial charge in [0.05, 0.1) is 29.8 Å². The summed E-state index contributed by atoms with van der Waals surface area (Å²) in [6, 6.07) is 17.3. The largest absolute Gasteiger partial charge is 0.380 e. The van der Waals surface area contributed by atoms with Gasteiger partial charge >= 0.3 is 0 Å². The van der Waals surface area contributed by atoms with Crippen LogP contribution in [0.5, 0.6) is 0 Å². The number of methoxy groups -OCH3 is 1. The molecule has 1 aromatic heterocycles. The van der Waals surface area contributed by atoms with Gasteiger partial charge in [-0.15, -0.1) is 0 Å². The number of pyridine rings is 1. The van der Waals surface area contributed by atoms with Gasteiger partial charge in [0.25, 0.3) is 0 Å². The molecule has 0 aliphatic heterocycles. The van der Waals surface area contributed by atoms with Gasteiger partial charge in [0.2, 0.25) is 5.91 Å². The van der Waals surface area contributed by atoms with Crippen LogP contribution >= 0.6 is 0 Å². The van der Waals surface area contributed by atoms with Crippen molar-refractivity contribution in [2.24, 2.45) is 0 Å². The summed E-state index contributed by atoms with van der Waals surface area (Å²) in [5, 5.41) is 0. The summed E-state index contributed by atoms with van der Waals surface area (Å²) in [4.78, 5) is 19.9. The molecule has 34 heavy (non-hydrogen) atoms. The topological polar surface area (TPSA) is 76.6 Å².